The molecule has 0 aromatic heterocycles. The van der Waals surface area contributed by atoms with Crippen molar-refractivity contribution in [2.75, 3.05) is 38.6 Å². The number of halogens is 2. The van der Waals surface area contributed by atoms with Crippen molar-refractivity contribution >= 4 is 68.8 Å². The van der Waals surface area contributed by atoms with Crippen molar-refractivity contribution in [3.05, 3.63) is 87.9 Å². The number of nitrogens with zero attached hydrogens (tertiary/aromatic N) is 1. The first kappa shape index (κ1) is 33.5. The van der Waals surface area contributed by atoms with E-state index in [4.69, 9.17) is 27.9 Å². The van der Waals surface area contributed by atoms with Crippen LogP contribution < -0.4 is 26.6 Å². The fraction of sp³-hybridized carbons (Fsp3) is 0.233. The van der Waals surface area contributed by atoms with Crippen LogP contribution in [0.5, 0.6) is 0 Å². The smallest absolute Gasteiger partial charge is 0.329 e. The van der Waals surface area contributed by atoms with Gasteiger partial charge in [-0.1, -0.05) is 59.6 Å². The molecule has 0 bridgehead atoms. The lowest BCUT2D eigenvalue weighted by atomic mass is 10.0. The second kappa shape index (κ2) is 15.0. The Labute approximate surface area is 272 Å². The number of rotatable bonds is 10. The number of methoxy groups -OCH3 is 1. The predicted molar refractivity (Wildman–Crippen MR) is 172 cm³/mol. The van der Waals surface area contributed by atoms with Gasteiger partial charge >= 0.3 is 5.97 Å². The predicted octanol–water partition coefficient (Wildman–Crippen LogP) is 1.71. The number of nitrogens with one attached hydrogen (secondary N) is 5. The Morgan fingerprint density at radius 3 is 2.36 bits per heavy atom. The van der Waals surface area contributed by atoms with Crippen LogP contribution in [-0.2, 0) is 14.3 Å². The Bertz CT molecular complexity index is 1600. The quantitative estimate of drug-likeness (QED) is 0.140. The van der Waals surface area contributed by atoms with Crippen molar-refractivity contribution in [1.29, 1.82) is 0 Å². The molecule has 45 heavy (non-hydrogen) atoms. The minimum absolute atomic E-state index is 0.0468. The maximum absolute atomic E-state index is 13.2. The van der Waals surface area contributed by atoms with Gasteiger partial charge in [-0.25, -0.2) is 4.79 Å². The lowest BCUT2D eigenvalue weighted by molar-refractivity contribution is -0.144. The lowest BCUT2D eigenvalue weighted by Crippen LogP contribution is -2.62. The van der Waals surface area contributed by atoms with Gasteiger partial charge in [-0.15, -0.1) is 0 Å². The van der Waals surface area contributed by atoms with E-state index in [0.29, 0.717) is 23.8 Å². The Hall–Kier alpha value is -4.43. The summed E-state index contributed by atoms with van der Waals surface area (Å²) in [7, 11) is 4.36. The van der Waals surface area contributed by atoms with Crippen LogP contribution in [0.15, 0.2) is 71.7 Å². The summed E-state index contributed by atoms with van der Waals surface area (Å²) in [5.74, 6) is -2.44. The van der Waals surface area contributed by atoms with Crippen LogP contribution in [0, 0.1) is 0 Å². The molecular weight excluding hydrogens is 639 g/mol. The highest BCUT2D eigenvalue weighted by Crippen LogP contribution is 2.32. The van der Waals surface area contributed by atoms with E-state index in [1.54, 1.807) is 36.4 Å². The van der Waals surface area contributed by atoms with E-state index in [1.807, 2.05) is 30.3 Å². The highest BCUT2D eigenvalue weighted by Gasteiger charge is 2.37. The molecule has 1 unspecified atom stereocenters. The van der Waals surface area contributed by atoms with Gasteiger partial charge in [0.25, 0.3) is 11.8 Å². The third-order valence-electron chi connectivity index (χ3n) is 6.55. The maximum Gasteiger partial charge on any atom is 0.329 e. The topological polar surface area (TPSA) is 170 Å². The van der Waals surface area contributed by atoms with E-state index in [0.717, 1.165) is 12.7 Å². The summed E-state index contributed by atoms with van der Waals surface area (Å²) in [6, 6.07) is 19.0. The van der Waals surface area contributed by atoms with Gasteiger partial charge in [0, 0.05) is 24.3 Å². The number of hydrogen-bond acceptors (Lipinski definition) is 9. The van der Waals surface area contributed by atoms with Gasteiger partial charge < -0.3 is 36.4 Å². The number of amides is 3. The van der Waals surface area contributed by atoms with E-state index in [9.17, 15) is 24.3 Å². The van der Waals surface area contributed by atoms with Crippen LogP contribution in [0.1, 0.15) is 20.7 Å². The van der Waals surface area contributed by atoms with Gasteiger partial charge in [0.2, 0.25) is 5.91 Å². The van der Waals surface area contributed by atoms with E-state index >= 15 is 0 Å². The SMILES string of the molecule is COC(=O)[C@@]([Si])(CNC(=O)CNC(=O)c1cccc(NC2=NCC(O)CN2)c1)NC(=O)c1c(Cl)cc(-c2ccccc2)cc1Cl. The standard InChI is InChI=1S/C30H29Cl2N6O6Si/c1-44-28(43)30(45,38-27(42)25-22(31)11-19(12-23(25)32)17-6-3-2-4-7-17)16-36-24(40)15-33-26(41)18-8-5-9-20(10-18)37-29-34-13-21(39)14-35-29/h2-12,21,39H,13-16H2,1H3,(H,33,41)(H,36,40)(H,38,42)(H2,34,35,37)/t30-/m0/s1. The fourth-order valence-corrected chi connectivity index (χ4v) is 5.19. The number of carbonyl (C=O) groups excluding carboxylic acids is 4. The van der Waals surface area contributed by atoms with Gasteiger partial charge in [-0.05, 0) is 41.5 Å². The number of esters is 1. The van der Waals surface area contributed by atoms with E-state index in [1.165, 1.54) is 0 Å². The monoisotopic (exact) mass is 667 g/mol. The van der Waals surface area contributed by atoms with Crippen LogP contribution in [0.2, 0.25) is 10.0 Å². The molecule has 4 rings (SSSR count). The zero-order valence-corrected chi connectivity index (χ0v) is 26.5. The molecule has 0 spiro atoms. The average molecular weight is 669 g/mol. The molecule has 0 aliphatic carbocycles. The zero-order valence-electron chi connectivity index (χ0n) is 23.9. The fourth-order valence-electron chi connectivity index (χ4n) is 4.23. The minimum Gasteiger partial charge on any atom is -0.467 e. The van der Waals surface area contributed by atoms with Gasteiger partial charge in [0.1, 0.15) is 5.16 Å². The molecule has 3 radical (unpaired) electrons. The molecule has 15 heteroatoms. The van der Waals surface area contributed by atoms with Crippen LogP contribution in [0.3, 0.4) is 0 Å². The van der Waals surface area contributed by atoms with Gasteiger partial charge in [-0.2, -0.15) is 0 Å². The van der Waals surface area contributed by atoms with Crippen molar-refractivity contribution in [2.45, 2.75) is 11.3 Å². The summed E-state index contributed by atoms with van der Waals surface area (Å²) < 4.78 is 4.83. The Kier molecular flexibility index (Phi) is 11.2. The molecule has 0 saturated carbocycles. The number of benzene rings is 3. The lowest BCUT2D eigenvalue weighted by Gasteiger charge is -2.28. The number of aliphatic hydroxyl groups is 1. The van der Waals surface area contributed by atoms with Crippen LogP contribution >= 0.6 is 23.2 Å². The third-order valence-corrected chi connectivity index (χ3v) is 7.65. The Morgan fingerprint density at radius 1 is 1.00 bits per heavy atom. The summed E-state index contributed by atoms with van der Waals surface area (Å²) in [4.78, 5) is 55.4. The summed E-state index contributed by atoms with van der Waals surface area (Å²) >= 11 is 12.9. The summed E-state index contributed by atoms with van der Waals surface area (Å²) in [6.07, 6.45) is -0.563. The largest absolute Gasteiger partial charge is 0.467 e. The van der Waals surface area contributed by atoms with Crippen molar-refractivity contribution in [3.63, 3.8) is 0 Å². The normalized spacial score (nSPS) is 15.4. The molecule has 2 atom stereocenters. The number of hydrogen-bond donors (Lipinski definition) is 6. The van der Waals surface area contributed by atoms with Crippen molar-refractivity contribution in [1.82, 2.24) is 21.3 Å². The number of carbonyl (C=O) groups is 4. The molecule has 233 valence electrons. The average Bonchev–Trinajstić information content (AvgIpc) is 3.03. The van der Waals surface area contributed by atoms with Crippen molar-refractivity contribution < 1.29 is 29.0 Å². The molecule has 0 fully saturated rings. The molecule has 3 amide bonds. The van der Waals surface area contributed by atoms with Gasteiger partial charge in [-0.3, -0.25) is 19.4 Å². The van der Waals surface area contributed by atoms with Crippen LogP contribution in [0.4, 0.5) is 5.69 Å². The molecular formula is C30H29Cl2N6O6Si. The number of ether oxygens (including phenoxy) is 1. The molecule has 3 aromatic rings. The molecule has 0 saturated heterocycles. The molecule has 6 N–H and O–H groups in total. The van der Waals surface area contributed by atoms with E-state index in [-0.39, 0.29) is 27.7 Å². The molecule has 12 nitrogen and oxygen atoms in total. The van der Waals surface area contributed by atoms with Crippen molar-refractivity contribution in [3.8, 4) is 11.1 Å². The first-order valence-corrected chi connectivity index (χ1v) is 14.8. The first-order chi connectivity index (χ1) is 21.5. The molecule has 1 heterocycles. The van der Waals surface area contributed by atoms with Gasteiger partial charge in [0.05, 0.1) is 52.2 Å². The van der Waals surface area contributed by atoms with Crippen LogP contribution in [0.25, 0.3) is 11.1 Å². The van der Waals surface area contributed by atoms with Crippen LogP contribution in [-0.4, -0.2) is 89.6 Å². The number of guanidine groups is 1. The number of aliphatic imine (C=N–C) groups is 1. The van der Waals surface area contributed by atoms with E-state index < -0.39 is 48.0 Å². The summed E-state index contributed by atoms with van der Waals surface area (Å²) in [5.41, 5.74) is 2.29. The van der Waals surface area contributed by atoms with Gasteiger partial charge in [0.15, 0.2) is 5.96 Å². The van der Waals surface area contributed by atoms with Crippen molar-refractivity contribution in [2.24, 2.45) is 4.99 Å². The summed E-state index contributed by atoms with van der Waals surface area (Å²) in [6.45, 7) is -0.279. The number of anilines is 1. The molecule has 1 aliphatic rings. The Balaban J connectivity index is 1.35. The second-order valence-electron chi connectivity index (χ2n) is 9.92. The Morgan fingerprint density at radius 2 is 1.71 bits per heavy atom. The highest BCUT2D eigenvalue weighted by atomic mass is 35.5. The third kappa shape index (κ3) is 8.82. The zero-order chi connectivity index (χ0) is 32.6. The molecule has 1 aliphatic heterocycles. The highest BCUT2D eigenvalue weighted by molar-refractivity contribution is 6.40. The summed E-state index contributed by atoms with van der Waals surface area (Å²) in [5, 5.41) is 21.2. The number of aliphatic hydroxyl groups excluding tert-OH is 1. The molecule has 3 aromatic carbocycles. The second-order valence-corrected chi connectivity index (χ2v) is 11.6. The first-order valence-electron chi connectivity index (χ1n) is 13.6. The minimum atomic E-state index is -1.90. The maximum atomic E-state index is 13.2. The number of β-amino-alcohol motifs (C(OH)–C–C–N with tert-alkyl or cyclic N) is 1. The van der Waals surface area contributed by atoms with E-state index in [2.05, 4.69) is 41.8 Å².